The molecule has 1 saturated carbocycles. The molecule has 2 N–H and O–H groups in total. The molecule has 41 heavy (non-hydrogen) atoms. The predicted molar refractivity (Wildman–Crippen MR) is 148 cm³/mol. The molecule has 1 aliphatic carbocycles. The van der Waals surface area contributed by atoms with Crippen molar-refractivity contribution in [1.29, 1.82) is 0 Å². The Morgan fingerprint density at radius 3 is 2.49 bits per heavy atom. The smallest absolute Gasteiger partial charge is 0.255 e. The summed E-state index contributed by atoms with van der Waals surface area (Å²) < 4.78 is 5.49. The monoisotopic (exact) mass is 557 g/mol. The van der Waals surface area contributed by atoms with Gasteiger partial charge in [-0.3, -0.25) is 34.1 Å². The molecule has 0 bridgehead atoms. The maximum atomic E-state index is 12.9. The molecule has 5 rings (SSSR count). The van der Waals surface area contributed by atoms with E-state index in [1.807, 2.05) is 30.3 Å². The van der Waals surface area contributed by atoms with Gasteiger partial charge in [-0.25, -0.2) is 0 Å². The Kier molecular flexibility index (Phi) is 8.49. The third-order valence-corrected chi connectivity index (χ3v) is 7.67. The van der Waals surface area contributed by atoms with Crippen LogP contribution in [-0.2, 0) is 35.3 Å². The number of allylic oxidation sites excluding steroid dienone is 2. The summed E-state index contributed by atoms with van der Waals surface area (Å²) in [4.78, 5) is 75.8. The van der Waals surface area contributed by atoms with Gasteiger partial charge in [-0.2, -0.15) is 0 Å². The molecule has 1 saturated heterocycles. The zero-order valence-corrected chi connectivity index (χ0v) is 22.5. The third-order valence-electron chi connectivity index (χ3n) is 7.67. The Morgan fingerprint density at radius 1 is 1.00 bits per heavy atom. The van der Waals surface area contributed by atoms with E-state index in [9.17, 15) is 28.8 Å². The standard InChI is InChI=1S/C31H31N3O7/c35-26-15-20(19-7-2-1-3-8-19)16-27(36)22(26)9-4-5-14-41-18-29(38)32-24-11-6-10-21-23(24)17-34(31(21)40)25-12-13-28(37)33-30(25)39/h1-3,6-11,20,25H,4-5,12-18H2,(H,32,38)(H,33,37,39). The molecular formula is C31H31N3O7. The van der Waals surface area contributed by atoms with E-state index in [0.29, 0.717) is 42.5 Å². The number of carbonyl (C=O) groups excluding carboxylic acids is 6. The van der Waals surface area contributed by atoms with E-state index in [-0.39, 0.29) is 67.5 Å². The molecule has 2 aromatic rings. The van der Waals surface area contributed by atoms with Gasteiger partial charge in [0.25, 0.3) is 5.91 Å². The van der Waals surface area contributed by atoms with Gasteiger partial charge in [0.05, 0.1) is 5.57 Å². The number of unbranched alkanes of at least 4 members (excludes halogenated alkanes) is 1. The highest BCUT2D eigenvalue weighted by Gasteiger charge is 2.40. The summed E-state index contributed by atoms with van der Waals surface area (Å²) in [5, 5.41) is 5.05. The lowest BCUT2D eigenvalue weighted by molar-refractivity contribution is -0.137. The van der Waals surface area contributed by atoms with E-state index in [1.54, 1.807) is 24.3 Å². The number of nitrogens with one attached hydrogen (secondary N) is 2. The second-order valence-corrected chi connectivity index (χ2v) is 10.5. The zero-order chi connectivity index (χ0) is 28.9. The van der Waals surface area contributed by atoms with Crippen molar-refractivity contribution in [1.82, 2.24) is 10.2 Å². The van der Waals surface area contributed by atoms with Gasteiger partial charge in [0.1, 0.15) is 12.6 Å². The average Bonchev–Trinajstić information content (AvgIpc) is 3.29. The number of nitrogens with zero attached hydrogens (tertiary/aromatic N) is 1. The van der Waals surface area contributed by atoms with Gasteiger partial charge >= 0.3 is 0 Å². The van der Waals surface area contributed by atoms with E-state index >= 15 is 0 Å². The number of hydrogen-bond acceptors (Lipinski definition) is 7. The first kappa shape index (κ1) is 28.1. The highest BCUT2D eigenvalue weighted by atomic mass is 16.5. The first-order valence-corrected chi connectivity index (χ1v) is 13.8. The minimum Gasteiger partial charge on any atom is -0.372 e. The number of ether oxygens (including phenoxy) is 1. The van der Waals surface area contributed by atoms with E-state index in [2.05, 4.69) is 10.6 Å². The fourth-order valence-electron chi connectivity index (χ4n) is 5.57. The van der Waals surface area contributed by atoms with Crippen LogP contribution in [0.25, 0.3) is 0 Å². The molecular weight excluding hydrogens is 526 g/mol. The minimum absolute atomic E-state index is 0.0836. The van der Waals surface area contributed by atoms with Crippen LogP contribution < -0.4 is 10.6 Å². The van der Waals surface area contributed by atoms with Crippen molar-refractivity contribution in [3.63, 3.8) is 0 Å². The molecule has 10 nitrogen and oxygen atoms in total. The van der Waals surface area contributed by atoms with Crippen LogP contribution in [0.4, 0.5) is 5.69 Å². The van der Waals surface area contributed by atoms with Crippen LogP contribution in [0.1, 0.15) is 65.9 Å². The van der Waals surface area contributed by atoms with Crippen molar-refractivity contribution < 1.29 is 33.5 Å². The molecule has 0 radical (unpaired) electrons. The summed E-state index contributed by atoms with van der Waals surface area (Å²) in [6.07, 6.45) is 3.75. The molecule has 0 aromatic heterocycles. The van der Waals surface area contributed by atoms with Crippen molar-refractivity contribution >= 4 is 40.9 Å². The van der Waals surface area contributed by atoms with E-state index in [0.717, 1.165) is 5.56 Å². The summed E-state index contributed by atoms with van der Waals surface area (Å²) in [5.41, 5.74) is 2.74. The summed E-state index contributed by atoms with van der Waals surface area (Å²) in [6, 6.07) is 13.8. The molecule has 10 heteroatoms. The number of fused-ring (bicyclic) bond motifs is 1. The number of rotatable bonds is 9. The molecule has 3 aliphatic rings. The largest absolute Gasteiger partial charge is 0.372 e. The van der Waals surface area contributed by atoms with Crippen LogP contribution in [0, 0.1) is 0 Å². The van der Waals surface area contributed by atoms with Gasteiger partial charge in [0.15, 0.2) is 11.6 Å². The zero-order valence-electron chi connectivity index (χ0n) is 22.5. The third kappa shape index (κ3) is 6.33. The maximum absolute atomic E-state index is 12.9. The minimum atomic E-state index is -0.737. The van der Waals surface area contributed by atoms with Crippen molar-refractivity contribution in [2.75, 3.05) is 18.5 Å². The lowest BCUT2D eigenvalue weighted by Gasteiger charge is -2.29. The van der Waals surface area contributed by atoms with E-state index in [4.69, 9.17) is 4.74 Å². The molecule has 1 atom stereocenters. The van der Waals surface area contributed by atoms with Crippen molar-refractivity contribution in [2.45, 2.75) is 57.0 Å². The topological polar surface area (TPSA) is 139 Å². The maximum Gasteiger partial charge on any atom is 0.255 e. The predicted octanol–water partition coefficient (Wildman–Crippen LogP) is 2.83. The van der Waals surface area contributed by atoms with Crippen LogP contribution in [0.2, 0.25) is 0 Å². The molecule has 1 unspecified atom stereocenters. The number of ketones is 2. The summed E-state index contributed by atoms with van der Waals surface area (Å²) in [7, 11) is 0. The number of amides is 4. The SMILES string of the molecule is O=C1CCC(N2Cc3c(NC(=O)COCCCC=C4C(=O)CC(c5ccccc5)CC4=O)cccc3C2=O)C(=O)N1. The molecule has 4 amide bonds. The molecule has 2 heterocycles. The van der Waals surface area contributed by atoms with Gasteiger partial charge < -0.3 is 15.0 Å². The number of anilines is 1. The fourth-order valence-corrected chi connectivity index (χ4v) is 5.57. The molecule has 0 spiro atoms. The number of imide groups is 1. The van der Waals surface area contributed by atoms with Crippen molar-refractivity contribution in [3.05, 3.63) is 76.9 Å². The summed E-state index contributed by atoms with van der Waals surface area (Å²) in [5.74, 6) is -1.92. The Balaban J connectivity index is 1.07. The Bertz CT molecular complexity index is 1410. The van der Waals surface area contributed by atoms with E-state index in [1.165, 1.54) is 4.90 Å². The quantitative estimate of drug-likeness (QED) is 0.209. The first-order valence-electron chi connectivity index (χ1n) is 13.8. The number of benzene rings is 2. The summed E-state index contributed by atoms with van der Waals surface area (Å²) >= 11 is 0. The van der Waals surface area contributed by atoms with Gasteiger partial charge in [0.2, 0.25) is 17.7 Å². The number of hydrogen-bond donors (Lipinski definition) is 2. The van der Waals surface area contributed by atoms with E-state index < -0.39 is 17.9 Å². The normalized spacial score (nSPS) is 20.6. The summed E-state index contributed by atoms with van der Waals surface area (Å²) in [6.45, 7) is 0.207. The average molecular weight is 558 g/mol. The molecule has 2 aliphatic heterocycles. The first-order chi connectivity index (χ1) is 19.8. The van der Waals surface area contributed by atoms with Crippen molar-refractivity contribution in [2.24, 2.45) is 0 Å². The van der Waals surface area contributed by atoms with Gasteiger partial charge in [-0.1, -0.05) is 42.5 Å². The number of Topliss-reactive ketones (excluding diaryl/α,β-unsaturated/α-hetero) is 2. The van der Waals surface area contributed by atoms with Gasteiger partial charge in [0, 0.05) is 49.2 Å². The fraction of sp³-hybridized carbons (Fsp3) is 0.355. The number of carbonyl (C=O) groups is 6. The van der Waals surface area contributed by atoms with Crippen LogP contribution in [0.15, 0.2) is 60.2 Å². The second kappa shape index (κ2) is 12.4. The molecule has 2 fully saturated rings. The highest BCUT2D eigenvalue weighted by molar-refractivity contribution is 6.22. The van der Waals surface area contributed by atoms with Crippen LogP contribution in [-0.4, -0.2) is 59.4 Å². The number of piperidine rings is 1. The highest BCUT2D eigenvalue weighted by Crippen LogP contribution is 2.33. The van der Waals surface area contributed by atoms with Crippen molar-refractivity contribution in [3.8, 4) is 0 Å². The lowest BCUT2D eigenvalue weighted by atomic mass is 9.79. The molecule has 2 aromatic carbocycles. The second-order valence-electron chi connectivity index (χ2n) is 10.5. The van der Waals surface area contributed by atoms with Crippen LogP contribution in [0.5, 0.6) is 0 Å². The Labute approximate surface area is 237 Å². The Hall–Kier alpha value is -4.44. The van der Waals surface area contributed by atoms with Crippen LogP contribution in [0.3, 0.4) is 0 Å². The van der Waals surface area contributed by atoms with Gasteiger partial charge in [-0.05, 0) is 42.9 Å². The Morgan fingerprint density at radius 2 is 1.76 bits per heavy atom. The molecule has 212 valence electrons. The van der Waals surface area contributed by atoms with Crippen LogP contribution >= 0.6 is 0 Å². The van der Waals surface area contributed by atoms with Gasteiger partial charge in [-0.15, -0.1) is 0 Å². The lowest BCUT2D eigenvalue weighted by Crippen LogP contribution is -2.52.